The molecule has 7 heteroatoms. The number of aryl methyl sites for hydroxylation is 3. The van der Waals surface area contributed by atoms with Gasteiger partial charge in [0.1, 0.15) is 5.82 Å². The predicted octanol–water partition coefficient (Wildman–Crippen LogP) is 2.72. The quantitative estimate of drug-likeness (QED) is 0.681. The number of benzene rings is 1. The third-order valence-corrected chi connectivity index (χ3v) is 5.45. The predicted molar refractivity (Wildman–Crippen MR) is 112 cm³/mol. The number of aromatic amines is 1. The smallest absolute Gasteiger partial charge is 0.324 e. The molecule has 1 aromatic carbocycles. The summed E-state index contributed by atoms with van der Waals surface area (Å²) >= 11 is 0. The van der Waals surface area contributed by atoms with Crippen molar-refractivity contribution in [3.63, 3.8) is 0 Å². The molecule has 2 aromatic heterocycles. The van der Waals surface area contributed by atoms with Gasteiger partial charge in [-0.05, 0) is 32.9 Å². The maximum atomic E-state index is 12.4. The third-order valence-electron chi connectivity index (χ3n) is 5.45. The molecular weight excluding hydrogens is 354 g/mol. The van der Waals surface area contributed by atoms with Crippen molar-refractivity contribution >= 4 is 11.2 Å². The summed E-state index contributed by atoms with van der Waals surface area (Å²) in [6, 6.07) is 8.69. The molecule has 1 N–H and O–H groups in total. The molecule has 3 aromatic rings. The summed E-state index contributed by atoms with van der Waals surface area (Å²) in [5, 5.41) is 0. The molecule has 28 heavy (non-hydrogen) atoms. The number of nitrogens with zero attached hydrogens (tertiary/aromatic N) is 4. The minimum atomic E-state index is -0.392. The molecule has 0 spiro atoms. The zero-order chi connectivity index (χ0) is 20.4. The number of unbranched alkanes of at least 4 members (excludes halogenated alkanes) is 1. The van der Waals surface area contributed by atoms with Crippen LogP contribution in [-0.2, 0) is 20.1 Å². The Morgan fingerprint density at radius 1 is 1.21 bits per heavy atom. The Hall–Kier alpha value is -2.67. The average Bonchev–Trinajstić information content (AvgIpc) is 2.98. The number of fused-ring (bicyclic) bond motifs is 1. The lowest BCUT2D eigenvalue weighted by Gasteiger charge is -2.24. The molecule has 0 aliphatic carbocycles. The van der Waals surface area contributed by atoms with Crippen LogP contribution < -0.4 is 11.2 Å². The van der Waals surface area contributed by atoms with Crippen LogP contribution >= 0.6 is 0 Å². The van der Waals surface area contributed by atoms with Gasteiger partial charge in [0, 0.05) is 19.6 Å². The Kier molecular flexibility index (Phi) is 5.84. The highest BCUT2D eigenvalue weighted by Gasteiger charge is 2.19. The van der Waals surface area contributed by atoms with Crippen LogP contribution in [0.2, 0.25) is 0 Å². The summed E-state index contributed by atoms with van der Waals surface area (Å²) in [6.07, 6.45) is 1.82. The van der Waals surface area contributed by atoms with E-state index in [1.807, 2.05) is 14.1 Å². The molecule has 7 nitrogen and oxygen atoms in total. The standard InChI is InChI=1S/C21H29N5O2/c1-6-7-12-26-19-18(20(27)23-21(26)28)25(5)17(22-19)13-24(4)15(3)16-10-8-14(2)9-11-16/h8-11,15H,6-7,12-13H2,1-5H3,(H,23,27,28). The van der Waals surface area contributed by atoms with E-state index >= 15 is 0 Å². The molecule has 0 fully saturated rings. The Balaban J connectivity index is 1.96. The number of H-pyrrole nitrogens is 1. The number of rotatable bonds is 7. The molecule has 0 aliphatic heterocycles. The molecule has 1 unspecified atom stereocenters. The molecule has 3 rings (SSSR count). The highest BCUT2D eigenvalue weighted by Crippen LogP contribution is 2.21. The second-order valence-corrected chi connectivity index (χ2v) is 7.53. The van der Waals surface area contributed by atoms with E-state index in [-0.39, 0.29) is 11.6 Å². The van der Waals surface area contributed by atoms with Crippen molar-refractivity contribution < 1.29 is 0 Å². The van der Waals surface area contributed by atoms with Crippen molar-refractivity contribution in [2.75, 3.05) is 7.05 Å². The lowest BCUT2D eigenvalue weighted by Crippen LogP contribution is -2.31. The van der Waals surface area contributed by atoms with Gasteiger partial charge in [-0.3, -0.25) is 19.2 Å². The second-order valence-electron chi connectivity index (χ2n) is 7.53. The summed E-state index contributed by atoms with van der Waals surface area (Å²) < 4.78 is 3.38. The monoisotopic (exact) mass is 383 g/mol. The minimum Gasteiger partial charge on any atom is -0.324 e. The Morgan fingerprint density at radius 3 is 2.54 bits per heavy atom. The second kappa shape index (κ2) is 8.14. The molecule has 0 radical (unpaired) electrons. The van der Waals surface area contributed by atoms with Gasteiger partial charge in [-0.25, -0.2) is 9.78 Å². The van der Waals surface area contributed by atoms with Gasteiger partial charge in [-0.2, -0.15) is 0 Å². The number of imidazole rings is 1. The summed E-state index contributed by atoms with van der Waals surface area (Å²) in [6.45, 7) is 7.42. The lowest BCUT2D eigenvalue weighted by atomic mass is 10.1. The van der Waals surface area contributed by atoms with Gasteiger partial charge in [0.05, 0.1) is 6.54 Å². The zero-order valence-electron chi connectivity index (χ0n) is 17.3. The van der Waals surface area contributed by atoms with Crippen LogP contribution in [0.25, 0.3) is 11.2 Å². The number of nitrogens with one attached hydrogen (secondary N) is 1. The SMILES string of the molecule is CCCCn1c(=O)[nH]c(=O)c2c1nc(CN(C)C(C)c1ccc(C)cc1)n2C. The van der Waals surface area contributed by atoms with Crippen LogP contribution in [0.5, 0.6) is 0 Å². The van der Waals surface area contributed by atoms with Gasteiger partial charge in [0.2, 0.25) is 0 Å². The van der Waals surface area contributed by atoms with Gasteiger partial charge < -0.3 is 4.57 Å². The van der Waals surface area contributed by atoms with Crippen LogP contribution in [0.15, 0.2) is 33.9 Å². The molecule has 0 saturated heterocycles. The number of hydrogen-bond donors (Lipinski definition) is 1. The van der Waals surface area contributed by atoms with Crippen molar-refractivity contribution in [2.45, 2.75) is 52.7 Å². The summed E-state index contributed by atoms with van der Waals surface area (Å²) in [4.78, 5) is 34.0. The van der Waals surface area contributed by atoms with Crippen molar-refractivity contribution in [1.29, 1.82) is 0 Å². The largest absolute Gasteiger partial charge is 0.330 e. The van der Waals surface area contributed by atoms with E-state index < -0.39 is 5.69 Å². The zero-order valence-corrected chi connectivity index (χ0v) is 17.3. The van der Waals surface area contributed by atoms with Crippen LogP contribution in [-0.4, -0.2) is 31.0 Å². The normalized spacial score (nSPS) is 12.8. The average molecular weight is 383 g/mol. The third kappa shape index (κ3) is 3.80. The summed E-state index contributed by atoms with van der Waals surface area (Å²) in [5.74, 6) is 0.762. The first-order valence-electron chi connectivity index (χ1n) is 9.78. The van der Waals surface area contributed by atoms with E-state index in [0.29, 0.717) is 24.3 Å². The van der Waals surface area contributed by atoms with Crippen LogP contribution in [0.3, 0.4) is 0 Å². The molecule has 150 valence electrons. The van der Waals surface area contributed by atoms with Crippen molar-refractivity contribution in [3.05, 3.63) is 62.1 Å². The van der Waals surface area contributed by atoms with Crippen molar-refractivity contribution in [1.82, 2.24) is 24.0 Å². The van der Waals surface area contributed by atoms with E-state index in [2.05, 4.69) is 59.9 Å². The van der Waals surface area contributed by atoms with Gasteiger partial charge in [0.25, 0.3) is 5.56 Å². The first-order valence-corrected chi connectivity index (χ1v) is 9.78. The Bertz CT molecular complexity index is 1080. The molecule has 2 heterocycles. The molecule has 0 amide bonds. The highest BCUT2D eigenvalue weighted by atomic mass is 16.2. The van der Waals surface area contributed by atoms with Crippen molar-refractivity contribution in [2.24, 2.45) is 7.05 Å². The van der Waals surface area contributed by atoms with Crippen LogP contribution in [0, 0.1) is 6.92 Å². The fourth-order valence-corrected chi connectivity index (χ4v) is 3.42. The summed E-state index contributed by atoms with van der Waals surface area (Å²) in [7, 11) is 3.87. The Labute approximate surface area is 164 Å². The van der Waals surface area contributed by atoms with Crippen molar-refractivity contribution in [3.8, 4) is 0 Å². The minimum absolute atomic E-state index is 0.195. The van der Waals surface area contributed by atoms with E-state index in [0.717, 1.165) is 18.7 Å². The van der Waals surface area contributed by atoms with E-state index in [1.165, 1.54) is 11.1 Å². The lowest BCUT2D eigenvalue weighted by molar-refractivity contribution is 0.245. The maximum Gasteiger partial charge on any atom is 0.330 e. The first-order chi connectivity index (χ1) is 13.3. The van der Waals surface area contributed by atoms with E-state index in [9.17, 15) is 9.59 Å². The fourth-order valence-electron chi connectivity index (χ4n) is 3.42. The van der Waals surface area contributed by atoms with Crippen LogP contribution in [0.1, 0.15) is 49.7 Å². The maximum absolute atomic E-state index is 12.4. The molecular formula is C21H29N5O2. The summed E-state index contributed by atoms with van der Waals surface area (Å²) in [5.41, 5.74) is 2.60. The topological polar surface area (TPSA) is 75.9 Å². The fraction of sp³-hybridized carbons (Fsp3) is 0.476. The van der Waals surface area contributed by atoms with E-state index in [4.69, 9.17) is 0 Å². The van der Waals surface area contributed by atoms with Gasteiger partial charge >= 0.3 is 5.69 Å². The first kappa shape index (κ1) is 20.1. The van der Waals surface area contributed by atoms with Gasteiger partial charge in [-0.1, -0.05) is 43.2 Å². The number of hydrogen-bond acceptors (Lipinski definition) is 4. The van der Waals surface area contributed by atoms with Gasteiger partial charge in [-0.15, -0.1) is 0 Å². The number of aromatic nitrogens is 4. The van der Waals surface area contributed by atoms with E-state index in [1.54, 1.807) is 9.13 Å². The molecule has 0 aliphatic rings. The molecule has 1 atom stereocenters. The van der Waals surface area contributed by atoms with Crippen LogP contribution in [0.4, 0.5) is 0 Å². The van der Waals surface area contributed by atoms with Gasteiger partial charge in [0.15, 0.2) is 11.2 Å². The molecule has 0 bridgehead atoms. The Morgan fingerprint density at radius 2 is 1.89 bits per heavy atom. The molecule has 0 saturated carbocycles. The highest BCUT2D eigenvalue weighted by molar-refractivity contribution is 5.70.